The van der Waals surface area contributed by atoms with Crippen LogP contribution >= 0.6 is 11.6 Å². The molecule has 1 heterocycles. The lowest BCUT2D eigenvalue weighted by Crippen LogP contribution is -2.52. The molecule has 0 bridgehead atoms. The van der Waals surface area contributed by atoms with Gasteiger partial charge in [0, 0.05) is 32.7 Å². The van der Waals surface area contributed by atoms with Gasteiger partial charge in [-0.25, -0.2) is 8.42 Å². The maximum absolute atomic E-state index is 12.5. The Bertz CT molecular complexity index is 646. The largest absolute Gasteiger partial charge is 0.415 e. The molecule has 1 atom stereocenters. The highest BCUT2D eigenvalue weighted by atomic mass is 35.5. The third kappa shape index (κ3) is 4.36. The van der Waals surface area contributed by atoms with Crippen molar-refractivity contribution in [3.8, 4) is 0 Å². The molecule has 0 amide bonds. The minimum absolute atomic E-state index is 0.0227. The van der Waals surface area contributed by atoms with Gasteiger partial charge in [-0.05, 0) is 12.1 Å². The summed E-state index contributed by atoms with van der Waals surface area (Å²) < 4.78 is 63.2. The first-order valence-electron chi connectivity index (χ1n) is 6.84. The Labute approximate surface area is 137 Å². The van der Waals surface area contributed by atoms with E-state index in [1.165, 1.54) is 21.3 Å². The lowest BCUT2D eigenvalue weighted by molar-refractivity contribution is -0.208. The molecule has 10 heteroatoms. The molecule has 2 rings (SSSR count). The SMILES string of the molecule is O=S(=O)(c1ccccc1Cl)N1CCN(CC(O)C(F)(F)F)CC1. The first kappa shape index (κ1) is 18.5. The van der Waals surface area contributed by atoms with Gasteiger partial charge < -0.3 is 5.11 Å². The second kappa shape index (κ2) is 6.94. The van der Waals surface area contributed by atoms with E-state index in [0.29, 0.717) is 0 Å². The number of halogens is 4. The van der Waals surface area contributed by atoms with Crippen molar-refractivity contribution < 1.29 is 26.7 Å². The highest BCUT2D eigenvalue weighted by Crippen LogP contribution is 2.25. The van der Waals surface area contributed by atoms with Crippen LogP contribution in [0.1, 0.15) is 0 Å². The fraction of sp³-hybridized carbons (Fsp3) is 0.538. The molecule has 0 radical (unpaired) electrons. The minimum Gasteiger partial charge on any atom is -0.382 e. The van der Waals surface area contributed by atoms with Crippen LogP contribution in [-0.4, -0.2) is 67.7 Å². The number of aliphatic hydroxyl groups is 1. The quantitative estimate of drug-likeness (QED) is 0.871. The maximum Gasteiger partial charge on any atom is 0.415 e. The van der Waals surface area contributed by atoms with E-state index in [1.54, 1.807) is 12.1 Å². The van der Waals surface area contributed by atoms with E-state index in [1.807, 2.05) is 0 Å². The molecule has 0 spiro atoms. The molecular formula is C13H16ClF3N2O3S. The molecule has 0 aliphatic carbocycles. The molecule has 1 aromatic carbocycles. The molecule has 130 valence electrons. The highest BCUT2D eigenvalue weighted by Gasteiger charge is 2.40. The number of rotatable bonds is 4. The molecule has 1 aromatic rings. The van der Waals surface area contributed by atoms with Crippen LogP contribution in [0.4, 0.5) is 13.2 Å². The van der Waals surface area contributed by atoms with Crippen molar-refractivity contribution in [2.45, 2.75) is 17.2 Å². The Morgan fingerprint density at radius 2 is 1.74 bits per heavy atom. The number of sulfonamides is 1. The fourth-order valence-corrected chi connectivity index (χ4v) is 4.21. The third-order valence-electron chi connectivity index (χ3n) is 3.59. The zero-order valence-electron chi connectivity index (χ0n) is 12.0. The number of benzene rings is 1. The summed E-state index contributed by atoms with van der Waals surface area (Å²) in [7, 11) is -3.78. The molecule has 1 N–H and O–H groups in total. The predicted molar refractivity (Wildman–Crippen MR) is 78.7 cm³/mol. The molecule has 0 saturated carbocycles. The van der Waals surface area contributed by atoms with Gasteiger partial charge in [-0.15, -0.1) is 0 Å². The number of hydrogen-bond donors (Lipinski definition) is 1. The van der Waals surface area contributed by atoms with Crippen molar-refractivity contribution in [1.29, 1.82) is 0 Å². The summed E-state index contributed by atoms with van der Waals surface area (Å²) >= 11 is 5.90. The molecule has 5 nitrogen and oxygen atoms in total. The van der Waals surface area contributed by atoms with E-state index in [9.17, 15) is 21.6 Å². The molecule has 1 aliphatic heterocycles. The Balaban J connectivity index is 2.01. The summed E-state index contributed by atoms with van der Waals surface area (Å²) in [5.41, 5.74) is 0. The van der Waals surface area contributed by atoms with E-state index >= 15 is 0 Å². The summed E-state index contributed by atoms with van der Waals surface area (Å²) in [6, 6.07) is 6.01. The van der Waals surface area contributed by atoms with Crippen LogP contribution in [0.5, 0.6) is 0 Å². The van der Waals surface area contributed by atoms with Crippen LogP contribution in [0.15, 0.2) is 29.2 Å². The smallest absolute Gasteiger partial charge is 0.382 e. The van der Waals surface area contributed by atoms with Crippen LogP contribution in [0.25, 0.3) is 0 Å². The lowest BCUT2D eigenvalue weighted by Gasteiger charge is -2.35. The number of hydrogen-bond acceptors (Lipinski definition) is 4. The molecule has 23 heavy (non-hydrogen) atoms. The summed E-state index contributed by atoms with van der Waals surface area (Å²) in [6.45, 7) is -0.270. The fourth-order valence-electron chi connectivity index (χ4n) is 2.29. The standard InChI is InChI=1S/C13H16ClF3N2O3S/c14-10-3-1-2-4-11(10)23(21,22)19-7-5-18(6-8-19)9-12(20)13(15,16)17/h1-4,12,20H,5-9H2. The van der Waals surface area contributed by atoms with E-state index in [4.69, 9.17) is 16.7 Å². The third-order valence-corrected chi connectivity index (χ3v) is 5.99. The molecule has 1 aliphatic rings. The van der Waals surface area contributed by atoms with Crippen molar-refractivity contribution in [3.05, 3.63) is 29.3 Å². The lowest BCUT2D eigenvalue weighted by atomic mass is 10.3. The average molecular weight is 373 g/mol. The van der Waals surface area contributed by atoms with Gasteiger partial charge in [-0.3, -0.25) is 4.90 Å². The number of aliphatic hydroxyl groups excluding tert-OH is 1. The second-order valence-corrected chi connectivity index (χ2v) is 7.51. The van der Waals surface area contributed by atoms with Gasteiger partial charge in [0.05, 0.1) is 5.02 Å². The van der Waals surface area contributed by atoms with Crippen LogP contribution < -0.4 is 0 Å². The molecule has 1 fully saturated rings. The highest BCUT2D eigenvalue weighted by molar-refractivity contribution is 7.89. The zero-order valence-corrected chi connectivity index (χ0v) is 13.6. The Morgan fingerprint density at radius 1 is 1.17 bits per heavy atom. The van der Waals surface area contributed by atoms with Crippen LogP contribution in [0, 0.1) is 0 Å². The summed E-state index contributed by atoms with van der Waals surface area (Å²) in [4.78, 5) is 1.36. The van der Waals surface area contributed by atoms with Crippen molar-refractivity contribution in [2.24, 2.45) is 0 Å². The van der Waals surface area contributed by atoms with E-state index in [-0.39, 0.29) is 36.1 Å². The minimum atomic E-state index is -4.68. The van der Waals surface area contributed by atoms with Gasteiger partial charge in [-0.2, -0.15) is 17.5 Å². The first-order chi connectivity index (χ1) is 10.6. The molecule has 1 unspecified atom stereocenters. The Morgan fingerprint density at radius 3 is 2.26 bits per heavy atom. The molecule has 0 aromatic heterocycles. The second-order valence-electron chi connectivity index (χ2n) is 5.19. The van der Waals surface area contributed by atoms with Gasteiger partial charge in [0.25, 0.3) is 0 Å². The van der Waals surface area contributed by atoms with E-state index < -0.39 is 28.8 Å². The van der Waals surface area contributed by atoms with Gasteiger partial charge >= 0.3 is 6.18 Å². The van der Waals surface area contributed by atoms with Crippen LogP contribution in [0.3, 0.4) is 0 Å². The van der Waals surface area contributed by atoms with Gasteiger partial charge in [0.2, 0.25) is 10.0 Å². The maximum atomic E-state index is 12.5. The summed E-state index contributed by atoms with van der Waals surface area (Å²) in [6.07, 6.45) is -7.12. The topological polar surface area (TPSA) is 60.9 Å². The zero-order chi connectivity index (χ0) is 17.3. The van der Waals surface area contributed by atoms with Gasteiger partial charge in [0.15, 0.2) is 6.10 Å². The van der Waals surface area contributed by atoms with Crippen molar-refractivity contribution in [1.82, 2.24) is 9.21 Å². The number of piperazine rings is 1. The van der Waals surface area contributed by atoms with Gasteiger partial charge in [-0.1, -0.05) is 23.7 Å². The number of nitrogens with zero attached hydrogens (tertiary/aromatic N) is 2. The summed E-state index contributed by atoms with van der Waals surface area (Å²) in [5.74, 6) is 0. The van der Waals surface area contributed by atoms with Crippen molar-refractivity contribution in [2.75, 3.05) is 32.7 Å². The Kier molecular flexibility index (Phi) is 5.57. The van der Waals surface area contributed by atoms with Crippen LogP contribution in [0.2, 0.25) is 5.02 Å². The van der Waals surface area contributed by atoms with Gasteiger partial charge in [0.1, 0.15) is 4.90 Å². The van der Waals surface area contributed by atoms with Crippen molar-refractivity contribution >= 4 is 21.6 Å². The molecule has 1 saturated heterocycles. The van der Waals surface area contributed by atoms with E-state index in [0.717, 1.165) is 0 Å². The average Bonchev–Trinajstić information content (AvgIpc) is 2.47. The van der Waals surface area contributed by atoms with Crippen LogP contribution in [-0.2, 0) is 10.0 Å². The Hall–Kier alpha value is -0.870. The monoisotopic (exact) mass is 372 g/mol. The number of β-amino-alcohol motifs (C(OH)–C–C–N with tert-alkyl or cyclic N) is 1. The summed E-state index contributed by atoms with van der Waals surface area (Å²) in [5, 5.41) is 9.16. The molecular weight excluding hydrogens is 357 g/mol. The van der Waals surface area contributed by atoms with E-state index in [2.05, 4.69) is 0 Å². The normalized spacial score (nSPS) is 19.7. The van der Waals surface area contributed by atoms with Crippen molar-refractivity contribution in [3.63, 3.8) is 0 Å². The predicted octanol–water partition coefficient (Wildman–Crippen LogP) is 1.57. The number of alkyl halides is 3. The first-order valence-corrected chi connectivity index (χ1v) is 8.66.